The van der Waals surface area contributed by atoms with Crippen molar-refractivity contribution in [3.8, 4) is 0 Å². The first-order valence-electron chi connectivity index (χ1n) is 7.49. The summed E-state index contributed by atoms with van der Waals surface area (Å²) in [6, 6.07) is 9.40. The van der Waals surface area contributed by atoms with Crippen LogP contribution < -0.4 is 0 Å². The van der Waals surface area contributed by atoms with Crippen molar-refractivity contribution in [2.75, 3.05) is 0 Å². The fourth-order valence-electron chi connectivity index (χ4n) is 3.02. The molecule has 1 aromatic carbocycles. The third-order valence-corrected chi connectivity index (χ3v) is 4.10. The molecule has 94 valence electrons. The van der Waals surface area contributed by atoms with E-state index in [-0.39, 0.29) is 0 Å². The summed E-state index contributed by atoms with van der Waals surface area (Å²) in [5.41, 5.74) is 3.17. The Balaban J connectivity index is 1.95. The minimum atomic E-state index is 0.856. The van der Waals surface area contributed by atoms with Crippen molar-refractivity contribution >= 4 is 0 Å². The molecule has 0 amide bonds. The molecule has 0 aromatic heterocycles. The first-order chi connectivity index (χ1) is 8.40. The van der Waals surface area contributed by atoms with E-state index in [2.05, 4.69) is 31.2 Å². The highest BCUT2D eigenvalue weighted by Crippen LogP contribution is 2.32. The summed E-state index contributed by atoms with van der Waals surface area (Å²) >= 11 is 0. The largest absolute Gasteiger partial charge is 0.0654 e. The Hall–Kier alpha value is -0.780. The van der Waals surface area contributed by atoms with Gasteiger partial charge in [0.1, 0.15) is 0 Å². The number of rotatable bonds is 5. The average molecular weight is 230 g/mol. The van der Waals surface area contributed by atoms with Gasteiger partial charge in [0, 0.05) is 0 Å². The minimum absolute atomic E-state index is 0.856. The van der Waals surface area contributed by atoms with E-state index in [4.69, 9.17) is 0 Å². The van der Waals surface area contributed by atoms with Crippen LogP contribution in [0.5, 0.6) is 0 Å². The van der Waals surface area contributed by atoms with Crippen LogP contribution in [0.3, 0.4) is 0 Å². The van der Waals surface area contributed by atoms with Gasteiger partial charge in [-0.2, -0.15) is 0 Å². The lowest BCUT2D eigenvalue weighted by atomic mass is 9.83. The van der Waals surface area contributed by atoms with Gasteiger partial charge in [-0.3, -0.25) is 0 Å². The van der Waals surface area contributed by atoms with E-state index in [1.807, 2.05) is 0 Å². The molecule has 2 rings (SSSR count). The van der Waals surface area contributed by atoms with Gasteiger partial charge >= 0.3 is 0 Å². The van der Waals surface area contributed by atoms with E-state index in [9.17, 15) is 0 Å². The second-order valence-corrected chi connectivity index (χ2v) is 5.54. The molecule has 0 nitrogen and oxygen atoms in total. The third-order valence-electron chi connectivity index (χ3n) is 4.10. The highest BCUT2D eigenvalue weighted by molar-refractivity contribution is 5.26. The molecule has 0 spiro atoms. The first-order valence-corrected chi connectivity index (χ1v) is 7.49. The molecule has 0 heteroatoms. The predicted molar refractivity (Wildman–Crippen MR) is 75.5 cm³/mol. The molecule has 0 N–H and O–H groups in total. The van der Waals surface area contributed by atoms with Crippen LogP contribution >= 0.6 is 0 Å². The summed E-state index contributed by atoms with van der Waals surface area (Å²) in [6.07, 6.45) is 12.5. The Morgan fingerprint density at radius 2 is 1.88 bits per heavy atom. The van der Waals surface area contributed by atoms with Crippen LogP contribution in [0.4, 0.5) is 0 Å². The maximum Gasteiger partial charge on any atom is -0.0162 e. The van der Waals surface area contributed by atoms with Crippen LogP contribution in [0.1, 0.15) is 75.3 Å². The normalized spacial score (nSPS) is 17.2. The summed E-state index contributed by atoms with van der Waals surface area (Å²) in [5.74, 6) is 0.856. The third kappa shape index (κ3) is 3.87. The van der Waals surface area contributed by atoms with Crippen molar-refractivity contribution in [3.63, 3.8) is 0 Å². The van der Waals surface area contributed by atoms with Crippen LogP contribution in [-0.4, -0.2) is 0 Å². The van der Waals surface area contributed by atoms with Crippen molar-refractivity contribution in [3.05, 3.63) is 35.4 Å². The molecule has 17 heavy (non-hydrogen) atoms. The van der Waals surface area contributed by atoms with Crippen molar-refractivity contribution in [2.24, 2.45) is 0 Å². The summed E-state index contributed by atoms with van der Waals surface area (Å²) in [7, 11) is 0. The molecular weight excluding hydrogens is 204 g/mol. The van der Waals surface area contributed by atoms with Crippen molar-refractivity contribution in [1.82, 2.24) is 0 Å². The highest BCUT2D eigenvalue weighted by Gasteiger charge is 2.15. The number of benzene rings is 1. The van der Waals surface area contributed by atoms with E-state index >= 15 is 0 Å². The standard InChI is InChI=1S/C17H26/c1-2-3-5-9-15-10-8-13-17(14-15)16-11-6-4-7-12-16/h8,10,13-14,16H,2-7,9,11-12H2,1H3. The van der Waals surface area contributed by atoms with Gasteiger partial charge < -0.3 is 0 Å². The topological polar surface area (TPSA) is 0 Å². The molecule has 0 atom stereocenters. The van der Waals surface area contributed by atoms with Gasteiger partial charge in [0.2, 0.25) is 0 Å². The van der Waals surface area contributed by atoms with Crippen molar-refractivity contribution < 1.29 is 0 Å². The number of hydrogen-bond acceptors (Lipinski definition) is 0. The lowest BCUT2D eigenvalue weighted by molar-refractivity contribution is 0.443. The van der Waals surface area contributed by atoms with Gasteiger partial charge in [-0.05, 0) is 42.7 Å². The Kier molecular flexibility index (Phi) is 5.09. The maximum absolute atomic E-state index is 2.48. The molecule has 1 aliphatic rings. The second-order valence-electron chi connectivity index (χ2n) is 5.54. The summed E-state index contributed by atoms with van der Waals surface area (Å²) in [6.45, 7) is 2.28. The van der Waals surface area contributed by atoms with E-state index < -0.39 is 0 Å². The van der Waals surface area contributed by atoms with Gasteiger partial charge in [-0.15, -0.1) is 0 Å². The van der Waals surface area contributed by atoms with Crippen LogP contribution in [-0.2, 0) is 6.42 Å². The zero-order valence-electron chi connectivity index (χ0n) is 11.3. The molecular formula is C17H26. The molecule has 1 aliphatic carbocycles. The fraction of sp³-hybridized carbons (Fsp3) is 0.647. The Morgan fingerprint density at radius 3 is 2.65 bits per heavy atom. The molecule has 0 radical (unpaired) electrons. The zero-order chi connectivity index (χ0) is 11.9. The molecule has 0 saturated heterocycles. The monoisotopic (exact) mass is 230 g/mol. The quantitative estimate of drug-likeness (QED) is 0.589. The molecule has 0 unspecified atom stereocenters. The second kappa shape index (κ2) is 6.83. The molecule has 0 heterocycles. The molecule has 1 fully saturated rings. The Labute approximate surface area is 106 Å². The predicted octanol–water partition coefficient (Wildman–Crippen LogP) is 5.47. The van der Waals surface area contributed by atoms with Gasteiger partial charge in [-0.1, -0.05) is 63.3 Å². The van der Waals surface area contributed by atoms with Crippen LogP contribution in [0.2, 0.25) is 0 Å². The molecule has 0 aliphatic heterocycles. The summed E-state index contributed by atoms with van der Waals surface area (Å²) in [4.78, 5) is 0. The van der Waals surface area contributed by atoms with Crippen molar-refractivity contribution in [1.29, 1.82) is 0 Å². The van der Waals surface area contributed by atoms with Gasteiger partial charge in [0.05, 0.1) is 0 Å². The maximum atomic E-state index is 2.48. The summed E-state index contributed by atoms with van der Waals surface area (Å²) < 4.78 is 0. The average Bonchev–Trinajstić information content (AvgIpc) is 2.41. The number of hydrogen-bond donors (Lipinski definition) is 0. The lowest BCUT2D eigenvalue weighted by Gasteiger charge is -2.22. The van der Waals surface area contributed by atoms with E-state index in [1.54, 1.807) is 11.1 Å². The number of aryl methyl sites for hydroxylation is 1. The molecule has 0 bridgehead atoms. The molecule has 1 saturated carbocycles. The van der Waals surface area contributed by atoms with Gasteiger partial charge in [0.15, 0.2) is 0 Å². The van der Waals surface area contributed by atoms with Crippen LogP contribution in [0.25, 0.3) is 0 Å². The summed E-state index contributed by atoms with van der Waals surface area (Å²) in [5, 5.41) is 0. The SMILES string of the molecule is CCCCCc1cccc(C2CCCCC2)c1. The van der Waals surface area contributed by atoms with Crippen LogP contribution in [0.15, 0.2) is 24.3 Å². The van der Waals surface area contributed by atoms with Gasteiger partial charge in [-0.25, -0.2) is 0 Å². The van der Waals surface area contributed by atoms with Crippen molar-refractivity contribution in [2.45, 2.75) is 70.6 Å². The fourth-order valence-corrected chi connectivity index (χ4v) is 3.02. The van der Waals surface area contributed by atoms with Gasteiger partial charge in [0.25, 0.3) is 0 Å². The smallest absolute Gasteiger partial charge is 0.0162 e. The van der Waals surface area contributed by atoms with E-state index in [0.717, 1.165) is 5.92 Å². The zero-order valence-corrected chi connectivity index (χ0v) is 11.3. The van der Waals surface area contributed by atoms with E-state index in [0.29, 0.717) is 0 Å². The lowest BCUT2D eigenvalue weighted by Crippen LogP contribution is -2.04. The minimum Gasteiger partial charge on any atom is -0.0654 e. The molecule has 1 aromatic rings. The highest BCUT2D eigenvalue weighted by atomic mass is 14.2. The first kappa shape index (κ1) is 12.7. The number of unbranched alkanes of at least 4 members (excludes halogenated alkanes) is 2. The van der Waals surface area contributed by atoms with E-state index in [1.165, 1.54) is 57.8 Å². The van der Waals surface area contributed by atoms with Crippen LogP contribution in [0, 0.1) is 0 Å². The Morgan fingerprint density at radius 1 is 1.06 bits per heavy atom. The Bertz CT molecular complexity index is 321.